The molecular weight excluding hydrogens is 260 g/mol. The lowest BCUT2D eigenvalue weighted by molar-refractivity contribution is 0.308. The maximum absolute atomic E-state index is 5.91. The van der Waals surface area contributed by atoms with E-state index in [-0.39, 0.29) is 0 Å². The summed E-state index contributed by atoms with van der Waals surface area (Å²) < 4.78 is 5.27. The molecule has 3 nitrogen and oxygen atoms in total. The molecule has 1 heterocycles. The van der Waals surface area contributed by atoms with Crippen LogP contribution in [0.5, 0.6) is 5.75 Å². The molecule has 1 aromatic rings. The van der Waals surface area contributed by atoms with Gasteiger partial charge < -0.3 is 10.1 Å². The number of alkyl halides is 1. The lowest BCUT2D eigenvalue weighted by Gasteiger charge is -2.28. The van der Waals surface area contributed by atoms with Crippen molar-refractivity contribution >= 4 is 11.6 Å². The summed E-state index contributed by atoms with van der Waals surface area (Å²) in [6, 6.07) is 4.56. The van der Waals surface area contributed by atoms with E-state index in [4.69, 9.17) is 16.3 Å². The molecule has 0 amide bonds. The predicted octanol–water partition coefficient (Wildman–Crippen LogP) is 3.29. The second-order valence-corrected chi connectivity index (χ2v) is 5.70. The van der Waals surface area contributed by atoms with Crippen LogP contribution in [0.15, 0.2) is 12.1 Å². The standard InChI is InChI=1S/C15H23ClN2O/c1-11-7-15(19-2)8-14(18-11)10-17-13-5-3-12(9-16)4-6-13/h7-8,12-13,17H,3-6,9-10H2,1-2H3. The van der Waals surface area contributed by atoms with Gasteiger partial charge in [0.15, 0.2) is 0 Å². The normalized spacial score (nSPS) is 23.3. The molecule has 1 aliphatic rings. The van der Waals surface area contributed by atoms with Gasteiger partial charge in [-0.15, -0.1) is 11.6 Å². The molecule has 0 spiro atoms. The van der Waals surface area contributed by atoms with Crippen molar-refractivity contribution in [1.29, 1.82) is 0 Å². The van der Waals surface area contributed by atoms with E-state index in [9.17, 15) is 0 Å². The maximum Gasteiger partial charge on any atom is 0.122 e. The smallest absolute Gasteiger partial charge is 0.122 e. The van der Waals surface area contributed by atoms with Gasteiger partial charge in [0.2, 0.25) is 0 Å². The molecule has 1 saturated carbocycles. The Kier molecular flexibility index (Phi) is 5.46. The SMILES string of the molecule is COc1cc(C)nc(CNC2CCC(CCl)CC2)c1. The zero-order valence-corrected chi connectivity index (χ0v) is 12.5. The van der Waals surface area contributed by atoms with Crippen LogP contribution in [0.4, 0.5) is 0 Å². The van der Waals surface area contributed by atoms with E-state index >= 15 is 0 Å². The highest BCUT2D eigenvalue weighted by Gasteiger charge is 2.20. The minimum Gasteiger partial charge on any atom is -0.497 e. The summed E-state index contributed by atoms with van der Waals surface area (Å²) in [6.45, 7) is 2.81. The van der Waals surface area contributed by atoms with E-state index in [1.54, 1.807) is 7.11 Å². The van der Waals surface area contributed by atoms with Gasteiger partial charge >= 0.3 is 0 Å². The number of hydrogen-bond acceptors (Lipinski definition) is 3. The molecule has 0 bridgehead atoms. The van der Waals surface area contributed by atoms with Crippen LogP contribution >= 0.6 is 11.6 Å². The Hall–Kier alpha value is -0.800. The molecule has 4 heteroatoms. The summed E-state index contributed by atoms with van der Waals surface area (Å²) in [4.78, 5) is 4.53. The Morgan fingerprint density at radius 2 is 2.05 bits per heavy atom. The van der Waals surface area contributed by atoms with Gasteiger partial charge in [0.25, 0.3) is 0 Å². The van der Waals surface area contributed by atoms with Crippen molar-refractivity contribution in [2.45, 2.75) is 45.2 Å². The van der Waals surface area contributed by atoms with Crippen molar-refractivity contribution in [3.8, 4) is 5.75 Å². The zero-order valence-electron chi connectivity index (χ0n) is 11.8. The number of nitrogens with zero attached hydrogens (tertiary/aromatic N) is 1. The maximum atomic E-state index is 5.91. The summed E-state index contributed by atoms with van der Waals surface area (Å²) in [5, 5.41) is 3.60. The number of nitrogens with one attached hydrogen (secondary N) is 1. The number of halogens is 1. The molecule has 0 aliphatic heterocycles. The van der Waals surface area contributed by atoms with E-state index in [2.05, 4.69) is 10.3 Å². The quantitative estimate of drug-likeness (QED) is 0.842. The van der Waals surface area contributed by atoms with E-state index in [0.717, 1.165) is 35.5 Å². The largest absolute Gasteiger partial charge is 0.497 e. The summed E-state index contributed by atoms with van der Waals surface area (Å²) in [5.41, 5.74) is 2.05. The van der Waals surface area contributed by atoms with E-state index in [1.807, 2.05) is 19.1 Å². The summed E-state index contributed by atoms with van der Waals surface area (Å²) in [5.74, 6) is 2.41. The highest BCUT2D eigenvalue weighted by atomic mass is 35.5. The van der Waals surface area contributed by atoms with Crippen molar-refractivity contribution in [2.24, 2.45) is 5.92 Å². The van der Waals surface area contributed by atoms with Crippen LogP contribution in [0.1, 0.15) is 37.1 Å². The number of ether oxygens (including phenoxy) is 1. The summed E-state index contributed by atoms with van der Waals surface area (Å²) in [7, 11) is 1.69. The molecule has 1 aliphatic carbocycles. The third-order valence-electron chi connectivity index (χ3n) is 3.85. The van der Waals surface area contributed by atoms with Crippen LogP contribution in [0.3, 0.4) is 0 Å². The summed E-state index contributed by atoms with van der Waals surface area (Å²) >= 11 is 5.91. The van der Waals surface area contributed by atoms with Gasteiger partial charge in [-0.1, -0.05) is 0 Å². The van der Waals surface area contributed by atoms with E-state index in [0.29, 0.717) is 6.04 Å². The zero-order chi connectivity index (χ0) is 13.7. The second kappa shape index (κ2) is 7.11. The topological polar surface area (TPSA) is 34.1 Å². The Balaban J connectivity index is 1.84. The minimum atomic E-state index is 0.604. The van der Waals surface area contributed by atoms with Crippen LogP contribution in [0, 0.1) is 12.8 Å². The molecule has 2 rings (SSSR count). The molecule has 1 N–H and O–H groups in total. The third kappa shape index (κ3) is 4.36. The number of aryl methyl sites for hydroxylation is 1. The third-order valence-corrected chi connectivity index (χ3v) is 4.29. The predicted molar refractivity (Wildman–Crippen MR) is 78.8 cm³/mol. The van der Waals surface area contributed by atoms with Crippen LogP contribution in [0.2, 0.25) is 0 Å². The number of pyridine rings is 1. The van der Waals surface area contributed by atoms with Gasteiger partial charge in [-0.25, -0.2) is 0 Å². The van der Waals surface area contributed by atoms with Crippen LogP contribution in [-0.4, -0.2) is 24.0 Å². The van der Waals surface area contributed by atoms with Crippen molar-refractivity contribution in [2.75, 3.05) is 13.0 Å². The average molecular weight is 283 g/mol. The molecule has 1 fully saturated rings. The monoisotopic (exact) mass is 282 g/mol. The molecular formula is C15H23ClN2O. The molecule has 0 unspecified atom stereocenters. The Morgan fingerprint density at radius 3 is 2.68 bits per heavy atom. The number of rotatable bonds is 5. The highest BCUT2D eigenvalue weighted by molar-refractivity contribution is 6.18. The van der Waals surface area contributed by atoms with Crippen molar-refractivity contribution in [1.82, 2.24) is 10.3 Å². The van der Waals surface area contributed by atoms with E-state index in [1.165, 1.54) is 25.7 Å². The van der Waals surface area contributed by atoms with Gasteiger partial charge in [0.1, 0.15) is 5.75 Å². The lowest BCUT2D eigenvalue weighted by atomic mass is 9.87. The first-order valence-electron chi connectivity index (χ1n) is 7.02. The first-order chi connectivity index (χ1) is 9.21. The first-order valence-corrected chi connectivity index (χ1v) is 7.55. The Labute approximate surface area is 120 Å². The molecule has 1 aromatic heterocycles. The van der Waals surface area contributed by atoms with Crippen molar-refractivity contribution in [3.05, 3.63) is 23.5 Å². The van der Waals surface area contributed by atoms with Gasteiger partial charge in [0.05, 0.1) is 12.8 Å². The molecule has 0 aromatic carbocycles. The Bertz CT molecular complexity index is 403. The van der Waals surface area contributed by atoms with Crippen LogP contribution in [0.25, 0.3) is 0 Å². The van der Waals surface area contributed by atoms with Gasteiger partial charge in [0, 0.05) is 36.3 Å². The van der Waals surface area contributed by atoms with Crippen LogP contribution < -0.4 is 10.1 Å². The molecule has 0 saturated heterocycles. The molecule has 0 radical (unpaired) electrons. The van der Waals surface area contributed by atoms with Crippen LogP contribution in [-0.2, 0) is 6.54 Å². The molecule has 0 atom stereocenters. The Morgan fingerprint density at radius 1 is 1.32 bits per heavy atom. The average Bonchev–Trinajstić information content (AvgIpc) is 2.45. The fourth-order valence-electron chi connectivity index (χ4n) is 2.68. The highest BCUT2D eigenvalue weighted by Crippen LogP contribution is 2.25. The number of aromatic nitrogens is 1. The fraction of sp³-hybridized carbons (Fsp3) is 0.667. The van der Waals surface area contributed by atoms with Crippen molar-refractivity contribution < 1.29 is 4.74 Å². The summed E-state index contributed by atoms with van der Waals surface area (Å²) in [6.07, 6.45) is 4.93. The van der Waals surface area contributed by atoms with Gasteiger partial charge in [-0.2, -0.15) is 0 Å². The lowest BCUT2D eigenvalue weighted by Crippen LogP contribution is -2.33. The fourth-order valence-corrected chi connectivity index (χ4v) is 2.99. The molecule has 19 heavy (non-hydrogen) atoms. The number of hydrogen-bond donors (Lipinski definition) is 1. The minimum absolute atomic E-state index is 0.604. The molecule has 106 valence electrons. The van der Waals surface area contributed by atoms with Crippen molar-refractivity contribution in [3.63, 3.8) is 0 Å². The van der Waals surface area contributed by atoms with Gasteiger partial charge in [-0.3, -0.25) is 4.98 Å². The number of methoxy groups -OCH3 is 1. The second-order valence-electron chi connectivity index (χ2n) is 5.39. The van der Waals surface area contributed by atoms with Gasteiger partial charge in [-0.05, 0) is 38.5 Å². The first kappa shape index (κ1) is 14.6. The van der Waals surface area contributed by atoms with E-state index < -0.39 is 0 Å².